The molecule has 0 bridgehead atoms. The molecule has 3 aromatic rings. The molecule has 3 aromatic carbocycles. The number of benzene rings is 3. The zero-order valence-corrected chi connectivity index (χ0v) is 10.3. The van der Waals surface area contributed by atoms with Gasteiger partial charge in [-0.15, -0.1) is 0 Å². The van der Waals surface area contributed by atoms with Gasteiger partial charge >= 0.3 is 15.4 Å². The van der Waals surface area contributed by atoms with Crippen molar-refractivity contribution < 1.29 is 18.6 Å². The fourth-order valence-electron chi connectivity index (χ4n) is 2.64. The third kappa shape index (κ3) is 1.33. The van der Waals surface area contributed by atoms with Crippen LogP contribution in [0.2, 0.25) is 0 Å². The molecule has 0 spiro atoms. The molecule has 2 aliphatic heterocycles. The average molecular weight is 260 g/mol. The zero-order valence-electron chi connectivity index (χ0n) is 10.3. The summed E-state index contributed by atoms with van der Waals surface area (Å²) in [6.07, 6.45) is 0. The van der Waals surface area contributed by atoms with Gasteiger partial charge in [0, 0.05) is 0 Å². The van der Waals surface area contributed by atoms with E-state index in [0.717, 1.165) is 44.5 Å². The topological polar surface area (TPSA) is 36.9 Å². The van der Waals surface area contributed by atoms with E-state index in [0.29, 0.717) is 0 Å². The Morgan fingerprint density at radius 3 is 1.05 bits per heavy atom. The van der Waals surface area contributed by atoms with Gasteiger partial charge in [0.2, 0.25) is 0 Å². The van der Waals surface area contributed by atoms with Crippen LogP contribution in [0.1, 0.15) is 0 Å². The van der Waals surface area contributed by atoms with Crippen LogP contribution in [0.3, 0.4) is 0 Å². The van der Waals surface area contributed by atoms with Crippen molar-refractivity contribution in [2.75, 3.05) is 0 Å². The van der Waals surface area contributed by atoms with Crippen molar-refractivity contribution in [3.63, 3.8) is 0 Å². The van der Waals surface area contributed by atoms with Crippen molar-refractivity contribution in [2.24, 2.45) is 0 Å². The monoisotopic (exact) mass is 260 g/mol. The summed E-state index contributed by atoms with van der Waals surface area (Å²) in [5.41, 5.74) is 0. The molecule has 0 atom stereocenters. The number of hydrogen-bond acceptors (Lipinski definition) is 4. The van der Waals surface area contributed by atoms with Gasteiger partial charge in [-0.05, 0) is 57.9 Å². The van der Waals surface area contributed by atoms with Gasteiger partial charge in [-0.1, -0.05) is 0 Å². The molecule has 0 aromatic heterocycles. The molecule has 2 radical (unpaired) electrons. The lowest BCUT2D eigenvalue weighted by Crippen LogP contribution is -1.99. The Morgan fingerprint density at radius 1 is 0.450 bits per heavy atom. The maximum absolute atomic E-state index is 5.30. The maximum atomic E-state index is 5.30. The minimum atomic E-state index is 0.742. The molecule has 0 unspecified atom stereocenters. The first kappa shape index (κ1) is 10.3. The Balaban J connectivity index is 1.84. The molecule has 4 nitrogen and oxygen atoms in total. The molecule has 92 valence electrons. The van der Waals surface area contributed by atoms with Gasteiger partial charge < -0.3 is 18.6 Å². The van der Waals surface area contributed by atoms with Crippen molar-refractivity contribution >= 4 is 36.9 Å². The Hall–Kier alpha value is -2.49. The highest BCUT2D eigenvalue weighted by Gasteiger charge is 2.20. The van der Waals surface area contributed by atoms with Crippen molar-refractivity contribution in [3.05, 3.63) is 36.4 Å². The van der Waals surface area contributed by atoms with E-state index in [1.165, 1.54) is 15.4 Å². The normalized spacial score (nSPS) is 14.4. The largest absolute Gasteiger partial charge is 0.658 e. The molecular formula is C14H6B2O4. The summed E-state index contributed by atoms with van der Waals surface area (Å²) < 4.78 is 21.2. The molecule has 0 amide bonds. The van der Waals surface area contributed by atoms with Crippen molar-refractivity contribution in [2.45, 2.75) is 0 Å². The molecule has 0 aliphatic carbocycles. The second-order valence-electron chi connectivity index (χ2n) is 4.81. The Kier molecular flexibility index (Phi) is 1.82. The summed E-state index contributed by atoms with van der Waals surface area (Å²) >= 11 is 0. The van der Waals surface area contributed by atoms with Crippen LogP contribution in [0.25, 0.3) is 21.5 Å². The zero-order chi connectivity index (χ0) is 13.1. The van der Waals surface area contributed by atoms with Crippen LogP contribution in [-0.4, -0.2) is 15.4 Å². The second-order valence-corrected chi connectivity index (χ2v) is 4.81. The van der Waals surface area contributed by atoms with Crippen LogP contribution in [0.5, 0.6) is 23.0 Å². The summed E-state index contributed by atoms with van der Waals surface area (Å²) in [5.74, 6) is 2.97. The standard InChI is InChI=1S/C14H6B2O4/c1-7-3-11-13(19-15-17-11)5-9(7)2-10-6-14-12(4-8(1)10)18-16-20-14/h1-6H. The Morgan fingerprint density at radius 2 is 0.750 bits per heavy atom. The predicted octanol–water partition coefficient (Wildman–Crippen LogP) is 2.60. The Labute approximate surface area is 115 Å². The fraction of sp³-hybridized carbons (Fsp3) is 0. The van der Waals surface area contributed by atoms with Crippen LogP contribution < -0.4 is 18.6 Å². The van der Waals surface area contributed by atoms with Crippen molar-refractivity contribution in [1.29, 1.82) is 0 Å². The molecule has 6 heteroatoms. The highest BCUT2D eigenvalue weighted by molar-refractivity contribution is 6.24. The fourth-order valence-corrected chi connectivity index (χ4v) is 2.64. The van der Waals surface area contributed by atoms with E-state index in [1.807, 2.05) is 24.3 Å². The van der Waals surface area contributed by atoms with E-state index in [1.54, 1.807) is 0 Å². The molecule has 0 saturated heterocycles. The minimum Gasteiger partial charge on any atom is -0.524 e. The highest BCUT2D eigenvalue weighted by atomic mass is 16.6. The van der Waals surface area contributed by atoms with E-state index < -0.39 is 0 Å². The van der Waals surface area contributed by atoms with Gasteiger partial charge in [0.25, 0.3) is 0 Å². The van der Waals surface area contributed by atoms with Gasteiger partial charge in [-0.2, -0.15) is 0 Å². The average Bonchev–Trinajstić information content (AvgIpc) is 3.07. The summed E-state index contributed by atoms with van der Waals surface area (Å²) in [5, 5.41) is 4.38. The van der Waals surface area contributed by atoms with Crippen molar-refractivity contribution in [1.82, 2.24) is 0 Å². The third-order valence-corrected chi connectivity index (χ3v) is 3.62. The first-order chi connectivity index (χ1) is 9.87. The van der Waals surface area contributed by atoms with E-state index in [9.17, 15) is 0 Å². The maximum Gasteiger partial charge on any atom is 0.658 e. The van der Waals surface area contributed by atoms with E-state index in [-0.39, 0.29) is 0 Å². The van der Waals surface area contributed by atoms with Crippen LogP contribution in [-0.2, 0) is 0 Å². The summed E-state index contributed by atoms with van der Waals surface area (Å²) in [7, 11) is 2.69. The van der Waals surface area contributed by atoms with E-state index in [4.69, 9.17) is 18.6 Å². The lowest BCUT2D eigenvalue weighted by molar-refractivity contribution is 0.541. The second kappa shape index (κ2) is 3.54. The number of hydrogen-bond donors (Lipinski definition) is 0. The van der Waals surface area contributed by atoms with Gasteiger partial charge in [0.05, 0.1) is 0 Å². The lowest BCUT2D eigenvalue weighted by atomic mass is 10.0. The number of fused-ring (bicyclic) bond motifs is 4. The quantitative estimate of drug-likeness (QED) is 0.459. The molecule has 0 saturated carbocycles. The predicted molar refractivity (Wildman–Crippen MR) is 75.5 cm³/mol. The molecule has 20 heavy (non-hydrogen) atoms. The molecular weight excluding hydrogens is 254 g/mol. The first-order valence-corrected chi connectivity index (χ1v) is 6.22. The van der Waals surface area contributed by atoms with Gasteiger partial charge in [-0.25, -0.2) is 0 Å². The van der Waals surface area contributed by atoms with Crippen LogP contribution >= 0.6 is 0 Å². The molecule has 5 rings (SSSR count). The van der Waals surface area contributed by atoms with E-state index in [2.05, 4.69) is 12.1 Å². The Bertz CT molecular complexity index is 739. The molecule has 2 heterocycles. The molecule has 0 fully saturated rings. The van der Waals surface area contributed by atoms with Gasteiger partial charge in [0.1, 0.15) is 23.0 Å². The van der Waals surface area contributed by atoms with Gasteiger partial charge in [0.15, 0.2) is 0 Å². The van der Waals surface area contributed by atoms with Crippen LogP contribution in [0.4, 0.5) is 0 Å². The third-order valence-electron chi connectivity index (χ3n) is 3.62. The van der Waals surface area contributed by atoms with Crippen molar-refractivity contribution in [3.8, 4) is 23.0 Å². The summed E-state index contributed by atoms with van der Waals surface area (Å²) in [6.45, 7) is 0. The smallest absolute Gasteiger partial charge is 0.524 e. The first-order valence-electron chi connectivity index (χ1n) is 6.22. The summed E-state index contributed by atoms with van der Waals surface area (Å²) in [6, 6.07) is 12.1. The molecule has 2 aliphatic rings. The molecule has 0 N–H and O–H groups in total. The van der Waals surface area contributed by atoms with Gasteiger partial charge in [-0.3, -0.25) is 0 Å². The summed E-state index contributed by atoms with van der Waals surface area (Å²) in [4.78, 5) is 0. The van der Waals surface area contributed by atoms with Crippen LogP contribution in [0.15, 0.2) is 36.4 Å². The number of rotatable bonds is 0. The highest BCUT2D eigenvalue weighted by Crippen LogP contribution is 2.40. The SMILES string of the molecule is [B]1Oc2cc3cc4cc5c(cc4cc3cc2O1)O[B]O5. The minimum absolute atomic E-state index is 0.742. The van der Waals surface area contributed by atoms with Crippen LogP contribution in [0, 0.1) is 0 Å². The van der Waals surface area contributed by atoms with E-state index >= 15 is 0 Å². The lowest BCUT2D eigenvalue weighted by Gasteiger charge is -2.06.